The molecule has 1 nitrogen and oxygen atoms in total. The van der Waals surface area contributed by atoms with Crippen molar-refractivity contribution in [1.29, 1.82) is 0 Å². The van der Waals surface area contributed by atoms with Crippen molar-refractivity contribution in [2.24, 2.45) is 17.3 Å². The second kappa shape index (κ2) is 1.77. The summed E-state index contributed by atoms with van der Waals surface area (Å²) < 4.78 is 0. The summed E-state index contributed by atoms with van der Waals surface area (Å²) in [4.78, 5) is 11.5. The van der Waals surface area contributed by atoms with Gasteiger partial charge < -0.3 is 0 Å². The Morgan fingerprint density at radius 1 is 1.45 bits per heavy atom. The molecule has 0 radical (unpaired) electrons. The van der Waals surface area contributed by atoms with E-state index in [0.717, 1.165) is 12.0 Å². The average molecular weight is 150 g/mol. The van der Waals surface area contributed by atoms with E-state index in [2.05, 4.69) is 26.8 Å². The van der Waals surface area contributed by atoms with Gasteiger partial charge in [0.1, 0.15) is 0 Å². The van der Waals surface area contributed by atoms with Crippen molar-refractivity contribution in [2.75, 3.05) is 0 Å². The maximum atomic E-state index is 11.5. The van der Waals surface area contributed by atoms with Gasteiger partial charge in [-0.25, -0.2) is 0 Å². The molecule has 0 aliphatic heterocycles. The van der Waals surface area contributed by atoms with Crippen LogP contribution >= 0.6 is 0 Å². The normalized spacial score (nSPS) is 35.2. The zero-order chi connectivity index (χ0) is 8.22. The number of carbonyl (C=O) groups excluding carboxylic acids is 1. The van der Waals surface area contributed by atoms with Gasteiger partial charge in [-0.1, -0.05) is 26.8 Å². The molecule has 60 valence electrons. The topological polar surface area (TPSA) is 17.1 Å². The molecule has 0 saturated heterocycles. The number of fused-ring (bicyclic) bond motifs is 1. The van der Waals surface area contributed by atoms with Gasteiger partial charge in [0.2, 0.25) is 0 Å². The van der Waals surface area contributed by atoms with Crippen LogP contribution in [0.5, 0.6) is 0 Å². The second-order valence-corrected chi connectivity index (χ2v) is 4.70. The molecule has 0 aromatic carbocycles. The number of ketones is 1. The summed E-state index contributed by atoms with van der Waals surface area (Å²) in [6.45, 7) is 6.34. The number of hydrogen-bond acceptors (Lipinski definition) is 1. The molecular formula is C10H14O. The molecule has 0 unspecified atom stereocenters. The van der Waals surface area contributed by atoms with E-state index in [0.29, 0.717) is 17.6 Å². The van der Waals surface area contributed by atoms with Crippen molar-refractivity contribution >= 4 is 5.78 Å². The Morgan fingerprint density at radius 2 is 2.09 bits per heavy atom. The highest BCUT2D eigenvalue weighted by Gasteiger charge is 2.49. The molecule has 0 spiro atoms. The monoisotopic (exact) mass is 150 g/mol. The predicted octanol–water partition coefficient (Wildman–Crippen LogP) is 2.18. The van der Waals surface area contributed by atoms with Crippen molar-refractivity contribution in [2.45, 2.75) is 27.2 Å². The molecule has 1 heteroatoms. The van der Waals surface area contributed by atoms with Gasteiger partial charge in [-0.05, 0) is 23.3 Å². The van der Waals surface area contributed by atoms with Crippen LogP contribution in [0.3, 0.4) is 0 Å². The molecule has 0 heterocycles. The van der Waals surface area contributed by atoms with Crippen LogP contribution in [0.1, 0.15) is 27.2 Å². The molecule has 2 atom stereocenters. The van der Waals surface area contributed by atoms with Crippen molar-refractivity contribution in [1.82, 2.24) is 0 Å². The maximum Gasteiger partial charge on any atom is 0.162 e. The fourth-order valence-electron chi connectivity index (χ4n) is 1.82. The van der Waals surface area contributed by atoms with Crippen LogP contribution < -0.4 is 0 Å². The minimum atomic E-state index is 0.0739. The van der Waals surface area contributed by atoms with Crippen LogP contribution in [-0.4, -0.2) is 5.78 Å². The first-order valence-corrected chi connectivity index (χ1v) is 4.26. The third-order valence-corrected chi connectivity index (χ3v) is 2.63. The summed E-state index contributed by atoms with van der Waals surface area (Å²) in [6, 6.07) is 0. The van der Waals surface area contributed by atoms with E-state index in [1.165, 1.54) is 0 Å². The summed E-state index contributed by atoms with van der Waals surface area (Å²) in [7, 11) is 0. The van der Waals surface area contributed by atoms with E-state index in [9.17, 15) is 4.79 Å². The summed E-state index contributed by atoms with van der Waals surface area (Å²) in [6.07, 6.45) is 3.31. The summed E-state index contributed by atoms with van der Waals surface area (Å²) in [5, 5.41) is 0. The molecule has 0 aromatic heterocycles. The van der Waals surface area contributed by atoms with Crippen LogP contribution in [-0.2, 0) is 4.79 Å². The fraction of sp³-hybridized carbons (Fsp3) is 0.700. The van der Waals surface area contributed by atoms with Crippen LogP contribution in [0.15, 0.2) is 11.6 Å². The minimum Gasteiger partial charge on any atom is -0.294 e. The van der Waals surface area contributed by atoms with Crippen molar-refractivity contribution in [3.63, 3.8) is 0 Å². The second-order valence-electron chi connectivity index (χ2n) is 4.70. The van der Waals surface area contributed by atoms with Gasteiger partial charge in [-0.3, -0.25) is 4.79 Å². The lowest BCUT2D eigenvalue weighted by atomic mass is 9.84. The SMILES string of the molecule is CC(C)(C)C1=C[C@@H]2C[C@@H]2C1=O. The van der Waals surface area contributed by atoms with E-state index >= 15 is 0 Å². The molecule has 0 N–H and O–H groups in total. The Balaban J connectivity index is 2.29. The van der Waals surface area contributed by atoms with Crippen LogP contribution in [0.4, 0.5) is 0 Å². The van der Waals surface area contributed by atoms with E-state index in [4.69, 9.17) is 0 Å². The van der Waals surface area contributed by atoms with Gasteiger partial charge in [0.25, 0.3) is 0 Å². The Kier molecular flexibility index (Phi) is 1.14. The van der Waals surface area contributed by atoms with E-state index in [1.54, 1.807) is 0 Å². The third-order valence-electron chi connectivity index (χ3n) is 2.63. The molecule has 2 rings (SSSR count). The zero-order valence-electron chi connectivity index (χ0n) is 7.35. The number of carbonyl (C=O) groups is 1. The predicted molar refractivity (Wildman–Crippen MR) is 44.1 cm³/mol. The van der Waals surface area contributed by atoms with Gasteiger partial charge in [0.15, 0.2) is 5.78 Å². The van der Waals surface area contributed by atoms with Gasteiger partial charge >= 0.3 is 0 Å². The zero-order valence-corrected chi connectivity index (χ0v) is 7.35. The molecule has 1 fully saturated rings. The molecule has 0 amide bonds. The number of allylic oxidation sites excluding steroid dienone is 2. The van der Waals surface area contributed by atoms with Gasteiger partial charge in [0, 0.05) is 5.92 Å². The maximum absolute atomic E-state index is 11.5. The Labute approximate surface area is 67.5 Å². The van der Waals surface area contributed by atoms with Gasteiger partial charge in [-0.15, -0.1) is 0 Å². The van der Waals surface area contributed by atoms with Crippen molar-refractivity contribution in [3.05, 3.63) is 11.6 Å². The molecule has 0 bridgehead atoms. The van der Waals surface area contributed by atoms with Crippen molar-refractivity contribution in [3.8, 4) is 0 Å². The largest absolute Gasteiger partial charge is 0.294 e. The standard InChI is InChI=1S/C10H14O/c1-10(2,3)8-5-6-4-7(6)9(8)11/h5-7H,4H2,1-3H3/t6-,7-/m0/s1. The Bertz CT molecular complexity index is 242. The molecule has 1 saturated carbocycles. The highest BCUT2D eigenvalue weighted by atomic mass is 16.1. The summed E-state index contributed by atoms with van der Waals surface area (Å²) in [5.41, 5.74) is 1.14. The van der Waals surface area contributed by atoms with Crippen LogP contribution in [0, 0.1) is 17.3 Å². The van der Waals surface area contributed by atoms with Crippen molar-refractivity contribution < 1.29 is 4.79 Å². The van der Waals surface area contributed by atoms with E-state index in [-0.39, 0.29) is 5.41 Å². The smallest absolute Gasteiger partial charge is 0.162 e. The van der Waals surface area contributed by atoms with Gasteiger partial charge in [0.05, 0.1) is 0 Å². The quantitative estimate of drug-likeness (QED) is 0.517. The lowest BCUT2D eigenvalue weighted by molar-refractivity contribution is -0.117. The summed E-state index contributed by atoms with van der Waals surface area (Å²) in [5.74, 6) is 1.43. The third kappa shape index (κ3) is 0.943. The molecule has 2 aliphatic carbocycles. The Hall–Kier alpha value is -0.590. The molecule has 11 heavy (non-hydrogen) atoms. The van der Waals surface area contributed by atoms with E-state index < -0.39 is 0 Å². The lowest BCUT2D eigenvalue weighted by Gasteiger charge is -2.19. The van der Waals surface area contributed by atoms with Gasteiger partial charge in [-0.2, -0.15) is 0 Å². The first kappa shape index (κ1) is 7.08. The minimum absolute atomic E-state index is 0.0739. The Morgan fingerprint density at radius 3 is 2.36 bits per heavy atom. The summed E-state index contributed by atoms with van der Waals surface area (Å²) >= 11 is 0. The average Bonchev–Trinajstić information content (AvgIpc) is 2.52. The van der Waals surface area contributed by atoms with Crippen LogP contribution in [0.25, 0.3) is 0 Å². The number of hydrogen-bond donors (Lipinski definition) is 0. The highest BCUT2D eigenvalue weighted by Crippen LogP contribution is 2.51. The van der Waals surface area contributed by atoms with Crippen LogP contribution in [0.2, 0.25) is 0 Å². The first-order valence-electron chi connectivity index (χ1n) is 4.26. The lowest BCUT2D eigenvalue weighted by Crippen LogP contribution is -2.16. The fourth-order valence-corrected chi connectivity index (χ4v) is 1.82. The number of rotatable bonds is 0. The number of Topliss-reactive ketones (excluding diaryl/α,β-unsaturated/α-hetero) is 1. The molecular weight excluding hydrogens is 136 g/mol. The highest BCUT2D eigenvalue weighted by molar-refractivity contribution is 6.03. The molecule has 0 aromatic rings. The molecule has 2 aliphatic rings. The van der Waals surface area contributed by atoms with E-state index in [1.807, 2.05) is 0 Å². The first-order chi connectivity index (χ1) is 5.00.